The van der Waals surface area contributed by atoms with Crippen molar-refractivity contribution in [3.8, 4) is 0 Å². The molecule has 36 heavy (non-hydrogen) atoms. The molecule has 2 heterocycles. The van der Waals surface area contributed by atoms with Gasteiger partial charge in [-0.05, 0) is 59.5 Å². The average Bonchev–Trinajstić information content (AvgIpc) is 3.57. The van der Waals surface area contributed by atoms with Crippen LogP contribution in [0.15, 0.2) is 89.8 Å². The highest BCUT2D eigenvalue weighted by atomic mass is 32.2. The molecule has 1 aromatic heterocycles. The summed E-state index contributed by atoms with van der Waals surface area (Å²) in [6, 6.07) is 26.9. The van der Waals surface area contributed by atoms with Gasteiger partial charge in [0.05, 0.1) is 27.5 Å². The molecule has 1 aliphatic rings. The first kappa shape index (κ1) is 22.4. The largest absolute Gasteiger partial charge is 0.370 e. The van der Waals surface area contributed by atoms with E-state index in [2.05, 4.69) is 19.8 Å². The van der Waals surface area contributed by atoms with Crippen molar-refractivity contribution in [1.82, 2.24) is 10.2 Å². The number of sulfonamides is 1. The Balaban J connectivity index is 1.42. The number of aromatic amines is 1. The molecule has 0 amide bonds. The Bertz CT molecular complexity index is 1690. The zero-order valence-corrected chi connectivity index (χ0v) is 20.5. The molecule has 0 bridgehead atoms. The highest BCUT2D eigenvalue weighted by Crippen LogP contribution is 2.36. The van der Waals surface area contributed by atoms with E-state index in [0.29, 0.717) is 5.69 Å². The second-order valence-electron chi connectivity index (χ2n) is 9.08. The maximum absolute atomic E-state index is 13.5. The van der Waals surface area contributed by atoms with E-state index < -0.39 is 10.0 Å². The fourth-order valence-electron chi connectivity index (χ4n) is 4.78. The fourth-order valence-corrected chi connectivity index (χ4v) is 5.88. The third-order valence-electron chi connectivity index (χ3n) is 6.66. The van der Waals surface area contributed by atoms with Gasteiger partial charge in [-0.25, -0.2) is 8.42 Å². The van der Waals surface area contributed by atoms with Crippen LogP contribution in [0.25, 0.3) is 33.8 Å². The van der Waals surface area contributed by atoms with Crippen molar-refractivity contribution in [2.24, 2.45) is 0 Å². The zero-order chi connectivity index (χ0) is 24.5. The van der Waals surface area contributed by atoms with Crippen LogP contribution >= 0.6 is 0 Å². The second-order valence-corrected chi connectivity index (χ2v) is 10.8. The van der Waals surface area contributed by atoms with Crippen molar-refractivity contribution in [2.45, 2.75) is 17.7 Å². The minimum Gasteiger partial charge on any atom is -0.370 e. The number of H-pyrrole nitrogens is 1. The van der Waals surface area contributed by atoms with Crippen LogP contribution in [0.1, 0.15) is 24.1 Å². The molecule has 0 unspecified atom stereocenters. The first-order valence-corrected chi connectivity index (χ1v) is 13.6. The van der Waals surface area contributed by atoms with Gasteiger partial charge >= 0.3 is 0 Å². The molecular formula is C29H26N4O2S. The maximum Gasteiger partial charge on any atom is 0.261 e. The Morgan fingerprint density at radius 1 is 0.833 bits per heavy atom. The molecule has 0 saturated carbocycles. The van der Waals surface area contributed by atoms with Crippen molar-refractivity contribution in [2.75, 3.05) is 22.7 Å². The van der Waals surface area contributed by atoms with E-state index >= 15 is 0 Å². The van der Waals surface area contributed by atoms with E-state index in [1.54, 1.807) is 12.1 Å². The lowest BCUT2D eigenvalue weighted by Gasteiger charge is -2.22. The van der Waals surface area contributed by atoms with E-state index in [9.17, 15) is 8.42 Å². The predicted octanol–water partition coefficient (Wildman–Crippen LogP) is 6.29. The number of rotatable bonds is 6. The lowest BCUT2D eigenvalue weighted by Crippen LogP contribution is -2.21. The van der Waals surface area contributed by atoms with Crippen LogP contribution in [-0.2, 0) is 10.0 Å². The van der Waals surface area contributed by atoms with Gasteiger partial charge in [-0.3, -0.25) is 9.82 Å². The third-order valence-corrected chi connectivity index (χ3v) is 8.03. The fraction of sp³-hybridized carbons (Fsp3) is 0.138. The van der Waals surface area contributed by atoms with Crippen molar-refractivity contribution in [3.63, 3.8) is 0 Å². The Kier molecular flexibility index (Phi) is 5.70. The summed E-state index contributed by atoms with van der Waals surface area (Å²) in [5.74, 6) is 0. The van der Waals surface area contributed by atoms with E-state index in [-0.39, 0.29) is 4.90 Å². The van der Waals surface area contributed by atoms with E-state index in [1.165, 1.54) is 0 Å². The molecule has 0 aliphatic carbocycles. The Morgan fingerprint density at radius 2 is 1.58 bits per heavy atom. The van der Waals surface area contributed by atoms with Crippen LogP contribution in [0.5, 0.6) is 0 Å². The van der Waals surface area contributed by atoms with Gasteiger partial charge in [0.1, 0.15) is 0 Å². The van der Waals surface area contributed by atoms with Crippen molar-refractivity contribution in [3.05, 3.63) is 96.2 Å². The summed E-state index contributed by atoms with van der Waals surface area (Å²) in [6.07, 6.45) is 6.13. The number of aromatic nitrogens is 2. The summed E-state index contributed by atoms with van der Waals surface area (Å²) < 4.78 is 29.9. The van der Waals surface area contributed by atoms with Gasteiger partial charge in [0.25, 0.3) is 10.0 Å². The molecule has 1 fully saturated rings. The van der Waals surface area contributed by atoms with E-state index in [1.807, 2.05) is 84.9 Å². The van der Waals surface area contributed by atoms with Crippen LogP contribution in [0.2, 0.25) is 0 Å². The Hall–Kier alpha value is -4.10. The van der Waals surface area contributed by atoms with Crippen LogP contribution in [-0.4, -0.2) is 31.7 Å². The van der Waals surface area contributed by atoms with Gasteiger partial charge in [-0.15, -0.1) is 0 Å². The van der Waals surface area contributed by atoms with Gasteiger partial charge in [-0.2, -0.15) is 5.10 Å². The third kappa shape index (κ3) is 4.33. The minimum atomic E-state index is -3.80. The number of hydrogen-bond acceptors (Lipinski definition) is 4. The topological polar surface area (TPSA) is 78.1 Å². The maximum atomic E-state index is 13.5. The number of nitrogens with zero attached hydrogens (tertiary/aromatic N) is 2. The second kappa shape index (κ2) is 9.17. The zero-order valence-electron chi connectivity index (χ0n) is 19.7. The van der Waals surface area contributed by atoms with Crippen LogP contribution in [0.3, 0.4) is 0 Å². The molecule has 5 aromatic rings. The summed E-state index contributed by atoms with van der Waals surface area (Å²) >= 11 is 0. The molecule has 1 saturated heterocycles. The molecule has 6 rings (SSSR count). The molecular weight excluding hydrogens is 468 g/mol. The quantitative estimate of drug-likeness (QED) is 0.291. The van der Waals surface area contributed by atoms with Crippen LogP contribution in [0, 0.1) is 0 Å². The summed E-state index contributed by atoms with van der Waals surface area (Å²) in [4.78, 5) is 2.47. The SMILES string of the molecule is O=S(=O)(Nc1cc2c(C=Cc3ccccc3)n[nH]c2cc1N1CCCC1)c1ccc2ccccc2c1. The van der Waals surface area contributed by atoms with Gasteiger partial charge in [-0.1, -0.05) is 66.7 Å². The summed E-state index contributed by atoms with van der Waals surface area (Å²) in [7, 11) is -3.80. The van der Waals surface area contributed by atoms with Crippen molar-refractivity contribution in [1.29, 1.82) is 0 Å². The summed E-state index contributed by atoms with van der Waals surface area (Å²) in [5.41, 5.74) is 4.13. The molecule has 0 radical (unpaired) electrons. The molecule has 6 nitrogen and oxygen atoms in total. The number of fused-ring (bicyclic) bond motifs is 2. The van der Waals surface area contributed by atoms with Gasteiger partial charge < -0.3 is 4.90 Å². The van der Waals surface area contributed by atoms with Crippen molar-refractivity contribution >= 4 is 55.2 Å². The predicted molar refractivity (Wildman–Crippen MR) is 148 cm³/mol. The van der Waals surface area contributed by atoms with Crippen LogP contribution in [0.4, 0.5) is 11.4 Å². The number of hydrogen-bond donors (Lipinski definition) is 2. The summed E-state index contributed by atoms with van der Waals surface area (Å²) in [5, 5.41) is 10.4. The minimum absolute atomic E-state index is 0.241. The Morgan fingerprint density at radius 3 is 2.39 bits per heavy atom. The van der Waals surface area contributed by atoms with Crippen LogP contribution < -0.4 is 9.62 Å². The number of benzene rings is 4. The van der Waals surface area contributed by atoms with E-state index in [0.717, 1.165) is 64.6 Å². The first-order valence-electron chi connectivity index (χ1n) is 12.1. The monoisotopic (exact) mass is 494 g/mol. The first-order chi connectivity index (χ1) is 17.6. The molecule has 0 spiro atoms. The van der Waals surface area contributed by atoms with Gasteiger partial charge in [0.15, 0.2) is 0 Å². The lowest BCUT2D eigenvalue weighted by atomic mass is 10.1. The molecule has 2 N–H and O–H groups in total. The smallest absolute Gasteiger partial charge is 0.261 e. The molecule has 7 heteroatoms. The van der Waals surface area contributed by atoms with Gasteiger partial charge in [0, 0.05) is 18.5 Å². The molecule has 180 valence electrons. The lowest BCUT2D eigenvalue weighted by molar-refractivity contribution is 0.601. The number of nitrogens with one attached hydrogen (secondary N) is 2. The summed E-state index contributed by atoms with van der Waals surface area (Å²) in [6.45, 7) is 1.79. The van der Waals surface area contributed by atoms with E-state index in [4.69, 9.17) is 0 Å². The normalized spacial score (nSPS) is 14.3. The highest BCUT2D eigenvalue weighted by molar-refractivity contribution is 7.92. The molecule has 1 aliphatic heterocycles. The Labute approximate surface area is 210 Å². The number of anilines is 2. The average molecular weight is 495 g/mol. The molecule has 0 atom stereocenters. The van der Waals surface area contributed by atoms with Crippen molar-refractivity contribution < 1.29 is 8.42 Å². The molecule has 4 aromatic carbocycles. The van der Waals surface area contributed by atoms with Gasteiger partial charge in [0.2, 0.25) is 0 Å². The standard InChI is InChI=1S/C29H26N4O2S/c34-36(35,24-14-13-22-10-4-5-11-23(22)18-24)32-28-19-25-26(15-12-21-8-2-1-3-9-21)30-31-27(25)20-29(28)33-16-6-7-17-33/h1-5,8-15,18-20,32H,6-7,16-17H2,(H,30,31). The highest BCUT2D eigenvalue weighted by Gasteiger charge is 2.22.